The van der Waals surface area contributed by atoms with E-state index >= 15 is 0 Å². The summed E-state index contributed by atoms with van der Waals surface area (Å²) in [5.74, 6) is 0.396. The lowest BCUT2D eigenvalue weighted by molar-refractivity contribution is -0.113. The maximum atomic E-state index is 12.6. The van der Waals surface area contributed by atoms with Crippen molar-refractivity contribution in [2.24, 2.45) is 5.73 Å². The highest BCUT2D eigenvalue weighted by molar-refractivity contribution is 7.99. The molecule has 0 saturated carbocycles. The second kappa shape index (κ2) is 9.01. The van der Waals surface area contributed by atoms with Crippen LogP contribution in [-0.2, 0) is 30.6 Å². The zero-order valence-electron chi connectivity index (χ0n) is 16.7. The Hall–Kier alpha value is -2.65. The van der Waals surface area contributed by atoms with Crippen LogP contribution in [0.3, 0.4) is 0 Å². The second-order valence-corrected chi connectivity index (χ2v) is 9.12. The van der Waals surface area contributed by atoms with Gasteiger partial charge in [-0.1, -0.05) is 42.1 Å². The molecule has 0 atom stereocenters. The molecular formula is C21H23N5O2S2. The predicted octanol–water partition coefficient (Wildman–Crippen LogP) is 3.27. The number of aromatic nitrogens is 3. The number of benzene rings is 1. The molecule has 2 aromatic heterocycles. The summed E-state index contributed by atoms with van der Waals surface area (Å²) in [5, 5.41) is 12.7. The lowest BCUT2D eigenvalue weighted by Gasteiger charge is -2.08. The number of hydrogen-bond acceptors (Lipinski definition) is 6. The number of aryl methyl sites for hydroxylation is 1. The molecule has 7 nitrogen and oxygen atoms in total. The number of thiophene rings is 1. The molecule has 4 rings (SSSR count). The van der Waals surface area contributed by atoms with Crippen LogP contribution in [0.5, 0.6) is 0 Å². The van der Waals surface area contributed by atoms with E-state index in [-0.39, 0.29) is 11.7 Å². The summed E-state index contributed by atoms with van der Waals surface area (Å²) >= 11 is 2.81. The molecule has 9 heteroatoms. The number of hydrogen-bond donors (Lipinski definition) is 2. The third-order valence-electron chi connectivity index (χ3n) is 5.07. The summed E-state index contributed by atoms with van der Waals surface area (Å²) in [4.78, 5) is 25.6. The quantitative estimate of drug-likeness (QED) is 0.522. The molecule has 0 aliphatic heterocycles. The van der Waals surface area contributed by atoms with Crippen LogP contribution in [0.2, 0.25) is 0 Å². The summed E-state index contributed by atoms with van der Waals surface area (Å²) in [5.41, 5.74) is 8.22. The van der Waals surface area contributed by atoms with Crippen LogP contribution < -0.4 is 11.1 Å². The Balaban J connectivity index is 1.42. The maximum Gasteiger partial charge on any atom is 0.251 e. The van der Waals surface area contributed by atoms with Crippen LogP contribution in [0.4, 0.5) is 5.00 Å². The fourth-order valence-corrected chi connectivity index (χ4v) is 5.83. The molecule has 2 amide bonds. The zero-order valence-corrected chi connectivity index (χ0v) is 18.3. The number of nitrogens with two attached hydrogens (primary N) is 1. The highest BCUT2D eigenvalue weighted by Gasteiger charge is 2.26. The van der Waals surface area contributed by atoms with Crippen molar-refractivity contribution < 1.29 is 9.59 Å². The molecule has 0 unspecified atom stereocenters. The van der Waals surface area contributed by atoms with Crippen molar-refractivity contribution >= 4 is 39.9 Å². The van der Waals surface area contributed by atoms with Crippen LogP contribution in [0.25, 0.3) is 0 Å². The minimum atomic E-state index is -0.478. The lowest BCUT2D eigenvalue weighted by atomic mass is 10.1. The summed E-state index contributed by atoms with van der Waals surface area (Å²) in [6.07, 6.45) is 3.51. The summed E-state index contributed by atoms with van der Waals surface area (Å²) in [7, 11) is 0. The van der Waals surface area contributed by atoms with E-state index in [0.29, 0.717) is 22.1 Å². The molecule has 1 aliphatic carbocycles. The average molecular weight is 442 g/mol. The molecule has 0 bridgehead atoms. The lowest BCUT2D eigenvalue weighted by Crippen LogP contribution is -2.19. The first-order valence-corrected chi connectivity index (χ1v) is 11.7. The monoisotopic (exact) mass is 441 g/mol. The van der Waals surface area contributed by atoms with E-state index in [1.54, 1.807) is 0 Å². The maximum absolute atomic E-state index is 12.6. The number of thioether (sulfide) groups is 1. The van der Waals surface area contributed by atoms with Crippen LogP contribution >= 0.6 is 23.1 Å². The minimum absolute atomic E-state index is 0.183. The molecule has 0 fully saturated rings. The van der Waals surface area contributed by atoms with Gasteiger partial charge >= 0.3 is 0 Å². The minimum Gasteiger partial charge on any atom is -0.365 e. The van der Waals surface area contributed by atoms with Gasteiger partial charge in [-0.3, -0.25) is 9.59 Å². The van der Waals surface area contributed by atoms with Gasteiger partial charge in [-0.05, 0) is 37.3 Å². The zero-order chi connectivity index (χ0) is 21.1. The van der Waals surface area contributed by atoms with Crippen molar-refractivity contribution in [3.8, 4) is 0 Å². The average Bonchev–Trinajstić information content (AvgIpc) is 3.41. The van der Waals surface area contributed by atoms with E-state index in [9.17, 15) is 9.59 Å². The number of carbonyl (C=O) groups is 2. The van der Waals surface area contributed by atoms with Crippen molar-refractivity contribution in [3.63, 3.8) is 0 Å². The number of amides is 2. The largest absolute Gasteiger partial charge is 0.365 e. The van der Waals surface area contributed by atoms with Gasteiger partial charge in [0.15, 0.2) is 5.16 Å². The first-order chi connectivity index (χ1) is 14.6. The SMILES string of the molecule is CCn1c(Cc2ccccc2)nnc1SCC(=O)Nc1sc2c(c1C(N)=O)CCC2. The molecule has 2 heterocycles. The normalized spacial score (nSPS) is 12.7. The highest BCUT2D eigenvalue weighted by atomic mass is 32.2. The van der Waals surface area contributed by atoms with Gasteiger partial charge in [-0.2, -0.15) is 0 Å². The second-order valence-electron chi connectivity index (χ2n) is 7.07. The number of fused-ring (bicyclic) bond motifs is 1. The van der Waals surface area contributed by atoms with Crippen molar-refractivity contribution in [1.82, 2.24) is 14.8 Å². The Bertz CT molecular complexity index is 1070. The first-order valence-electron chi connectivity index (χ1n) is 9.89. The van der Waals surface area contributed by atoms with Gasteiger partial charge in [0.2, 0.25) is 5.91 Å². The van der Waals surface area contributed by atoms with Gasteiger partial charge < -0.3 is 15.6 Å². The van der Waals surface area contributed by atoms with E-state index in [4.69, 9.17) is 5.73 Å². The number of rotatable bonds is 8. The van der Waals surface area contributed by atoms with Gasteiger partial charge in [0.1, 0.15) is 10.8 Å². The van der Waals surface area contributed by atoms with Crippen molar-refractivity contribution in [2.45, 2.75) is 44.3 Å². The van der Waals surface area contributed by atoms with Gasteiger partial charge in [-0.25, -0.2) is 0 Å². The molecule has 1 aromatic carbocycles. The Morgan fingerprint density at radius 1 is 1.23 bits per heavy atom. The van der Waals surface area contributed by atoms with Crippen LogP contribution in [0.15, 0.2) is 35.5 Å². The predicted molar refractivity (Wildman–Crippen MR) is 119 cm³/mol. The molecule has 156 valence electrons. The molecule has 30 heavy (non-hydrogen) atoms. The standard InChI is InChI=1S/C21H23N5O2S2/c1-2-26-16(11-13-7-4-3-5-8-13)24-25-21(26)29-12-17(27)23-20-18(19(22)28)14-9-6-10-15(14)30-20/h3-5,7-8H,2,6,9-12H2,1H3,(H2,22,28)(H,23,27). The summed E-state index contributed by atoms with van der Waals surface area (Å²) in [6, 6.07) is 10.1. The summed E-state index contributed by atoms with van der Waals surface area (Å²) in [6.45, 7) is 2.76. The number of nitrogens with one attached hydrogen (secondary N) is 1. The van der Waals surface area contributed by atoms with E-state index in [1.165, 1.54) is 28.7 Å². The van der Waals surface area contributed by atoms with Gasteiger partial charge in [0.25, 0.3) is 5.91 Å². The number of anilines is 1. The Morgan fingerprint density at radius 3 is 2.77 bits per heavy atom. The molecule has 3 aromatic rings. The molecule has 0 spiro atoms. The summed E-state index contributed by atoms with van der Waals surface area (Å²) < 4.78 is 2.03. The molecule has 0 saturated heterocycles. The molecular weight excluding hydrogens is 418 g/mol. The number of primary amides is 1. The van der Waals surface area contributed by atoms with Gasteiger partial charge in [0, 0.05) is 17.8 Å². The number of carbonyl (C=O) groups excluding carboxylic acids is 2. The smallest absolute Gasteiger partial charge is 0.251 e. The van der Waals surface area contributed by atoms with Crippen LogP contribution in [-0.4, -0.2) is 32.3 Å². The van der Waals surface area contributed by atoms with Crippen LogP contribution in [0, 0.1) is 0 Å². The first kappa shape index (κ1) is 20.6. The van der Waals surface area contributed by atoms with Crippen molar-refractivity contribution in [1.29, 1.82) is 0 Å². The van der Waals surface area contributed by atoms with E-state index in [1.807, 2.05) is 29.7 Å². The molecule has 0 radical (unpaired) electrons. The fraction of sp³-hybridized carbons (Fsp3) is 0.333. The Kier molecular flexibility index (Phi) is 6.19. The topological polar surface area (TPSA) is 103 Å². The van der Waals surface area contributed by atoms with E-state index < -0.39 is 5.91 Å². The molecule has 3 N–H and O–H groups in total. The van der Waals surface area contributed by atoms with E-state index in [2.05, 4.69) is 27.6 Å². The van der Waals surface area contributed by atoms with Gasteiger partial charge in [0.05, 0.1) is 11.3 Å². The number of nitrogens with zero attached hydrogens (tertiary/aromatic N) is 3. The third-order valence-corrected chi connectivity index (χ3v) is 7.24. The fourth-order valence-electron chi connectivity index (χ4n) is 3.70. The molecule has 1 aliphatic rings. The Morgan fingerprint density at radius 2 is 2.03 bits per heavy atom. The third kappa shape index (κ3) is 4.27. The van der Waals surface area contributed by atoms with Crippen molar-refractivity contribution in [3.05, 3.63) is 57.7 Å². The highest BCUT2D eigenvalue weighted by Crippen LogP contribution is 2.38. The van der Waals surface area contributed by atoms with Gasteiger partial charge in [-0.15, -0.1) is 21.5 Å². The van der Waals surface area contributed by atoms with Crippen molar-refractivity contribution in [2.75, 3.05) is 11.1 Å². The van der Waals surface area contributed by atoms with Crippen LogP contribution in [0.1, 0.15) is 45.5 Å². The Labute approximate surface area is 183 Å². The van der Waals surface area contributed by atoms with E-state index in [0.717, 1.165) is 42.1 Å².